The number of nitrogens with zero attached hydrogens (tertiary/aromatic N) is 3. The third kappa shape index (κ3) is 2.43. The van der Waals surface area contributed by atoms with E-state index in [1.165, 1.54) is 31.9 Å². The molecule has 1 heterocycles. The van der Waals surface area contributed by atoms with Crippen LogP contribution in [-0.4, -0.2) is 21.0 Å². The van der Waals surface area contributed by atoms with Gasteiger partial charge in [-0.15, -0.1) is 0 Å². The molecule has 0 bridgehead atoms. The Kier molecular flexibility index (Phi) is 3.14. The number of hydrogen-bond donors (Lipinski definition) is 1. The summed E-state index contributed by atoms with van der Waals surface area (Å²) in [6.07, 6.45) is 6.81. The Morgan fingerprint density at radius 1 is 1.33 bits per heavy atom. The summed E-state index contributed by atoms with van der Waals surface area (Å²) >= 11 is 0. The molecule has 1 aliphatic rings. The highest BCUT2D eigenvalue weighted by Gasteiger charge is 2.30. The fourth-order valence-electron chi connectivity index (χ4n) is 2.52. The first-order valence-electron chi connectivity index (χ1n) is 5.68. The lowest BCUT2D eigenvalue weighted by Crippen LogP contribution is -2.17. The van der Waals surface area contributed by atoms with Gasteiger partial charge in [0.05, 0.1) is 0 Å². The molecule has 1 N–H and O–H groups in total. The van der Waals surface area contributed by atoms with Crippen LogP contribution in [0, 0.1) is 11.8 Å². The van der Waals surface area contributed by atoms with Gasteiger partial charge >= 0.3 is 0 Å². The summed E-state index contributed by atoms with van der Waals surface area (Å²) in [5.41, 5.74) is 0. The van der Waals surface area contributed by atoms with Crippen LogP contribution in [0.25, 0.3) is 0 Å². The molecule has 4 heteroatoms. The van der Waals surface area contributed by atoms with Crippen molar-refractivity contribution in [1.29, 1.82) is 0 Å². The molecule has 0 radical (unpaired) electrons. The zero-order chi connectivity index (χ0) is 10.7. The predicted molar refractivity (Wildman–Crippen MR) is 59.4 cm³/mol. The zero-order valence-electron chi connectivity index (χ0n) is 9.35. The molecule has 1 aliphatic carbocycles. The van der Waals surface area contributed by atoms with E-state index in [9.17, 15) is 0 Å². The van der Waals surface area contributed by atoms with E-state index < -0.39 is 0 Å². The number of rotatable bonds is 3. The van der Waals surface area contributed by atoms with Crippen LogP contribution < -0.4 is 5.32 Å². The van der Waals surface area contributed by atoms with Crippen LogP contribution in [0.3, 0.4) is 0 Å². The summed E-state index contributed by atoms with van der Waals surface area (Å²) in [7, 11) is 0. The average Bonchev–Trinajstić information content (AvgIpc) is 2.60. The minimum absolute atomic E-state index is 0.535. The minimum Gasteiger partial charge on any atom is -0.351 e. The zero-order valence-corrected chi connectivity index (χ0v) is 9.35. The standard InChI is InChI=1S/C11H18N4/c1-3-9-5-10(4-8(9)2)15-11-13-6-12-7-14-11/h6-10H,3-5H2,1-2H3,(H,12,13,14,15)/t8-,9-,10-/m0/s1. The second kappa shape index (κ2) is 4.55. The van der Waals surface area contributed by atoms with E-state index in [-0.39, 0.29) is 0 Å². The van der Waals surface area contributed by atoms with Gasteiger partial charge in [-0.25, -0.2) is 15.0 Å². The molecule has 0 amide bonds. The monoisotopic (exact) mass is 206 g/mol. The topological polar surface area (TPSA) is 50.7 Å². The first kappa shape index (κ1) is 10.3. The molecule has 0 saturated heterocycles. The van der Waals surface area contributed by atoms with Gasteiger partial charge in [0.2, 0.25) is 5.95 Å². The summed E-state index contributed by atoms with van der Waals surface area (Å²) in [4.78, 5) is 12.0. The molecular weight excluding hydrogens is 188 g/mol. The van der Waals surface area contributed by atoms with Crippen LogP contribution in [0.2, 0.25) is 0 Å². The summed E-state index contributed by atoms with van der Waals surface area (Å²) in [5.74, 6) is 2.37. The highest BCUT2D eigenvalue weighted by atomic mass is 15.1. The van der Waals surface area contributed by atoms with Gasteiger partial charge in [-0.05, 0) is 24.7 Å². The molecule has 0 aromatic carbocycles. The highest BCUT2D eigenvalue weighted by molar-refractivity contribution is 5.23. The van der Waals surface area contributed by atoms with Gasteiger partial charge in [0, 0.05) is 6.04 Å². The summed E-state index contributed by atoms with van der Waals surface area (Å²) in [5, 5.41) is 3.37. The van der Waals surface area contributed by atoms with Crippen molar-refractivity contribution in [1.82, 2.24) is 15.0 Å². The second-order valence-corrected chi connectivity index (χ2v) is 4.42. The Labute approximate surface area is 90.6 Å². The first-order valence-corrected chi connectivity index (χ1v) is 5.68. The van der Waals surface area contributed by atoms with E-state index in [1.54, 1.807) is 0 Å². The third-order valence-corrected chi connectivity index (χ3v) is 3.40. The molecule has 82 valence electrons. The summed E-state index contributed by atoms with van der Waals surface area (Å²) < 4.78 is 0. The van der Waals surface area contributed by atoms with Crippen molar-refractivity contribution >= 4 is 5.95 Å². The van der Waals surface area contributed by atoms with Crippen molar-refractivity contribution < 1.29 is 0 Å². The number of hydrogen-bond acceptors (Lipinski definition) is 4. The van der Waals surface area contributed by atoms with Crippen LogP contribution in [0.5, 0.6) is 0 Å². The summed E-state index contributed by atoms with van der Waals surface area (Å²) in [6.45, 7) is 4.61. The maximum absolute atomic E-state index is 4.08. The number of anilines is 1. The Morgan fingerprint density at radius 2 is 2.07 bits per heavy atom. The Hall–Kier alpha value is -1.19. The highest BCUT2D eigenvalue weighted by Crippen LogP contribution is 2.34. The first-order chi connectivity index (χ1) is 7.29. The molecule has 0 unspecified atom stereocenters. The second-order valence-electron chi connectivity index (χ2n) is 4.42. The van der Waals surface area contributed by atoms with Gasteiger partial charge in [0.25, 0.3) is 0 Å². The van der Waals surface area contributed by atoms with Crippen LogP contribution in [-0.2, 0) is 0 Å². The maximum atomic E-state index is 4.08. The van der Waals surface area contributed by atoms with E-state index in [0.717, 1.165) is 11.8 Å². The van der Waals surface area contributed by atoms with E-state index in [0.29, 0.717) is 12.0 Å². The van der Waals surface area contributed by atoms with E-state index >= 15 is 0 Å². The Bertz CT molecular complexity index is 301. The molecule has 15 heavy (non-hydrogen) atoms. The van der Waals surface area contributed by atoms with Crippen molar-refractivity contribution in [3.8, 4) is 0 Å². The lowest BCUT2D eigenvalue weighted by atomic mass is 9.96. The molecule has 2 rings (SSSR count). The van der Waals surface area contributed by atoms with Crippen LogP contribution in [0.4, 0.5) is 5.95 Å². The van der Waals surface area contributed by atoms with Crippen LogP contribution in [0.15, 0.2) is 12.7 Å². The van der Waals surface area contributed by atoms with E-state index in [2.05, 4.69) is 34.1 Å². The fourth-order valence-corrected chi connectivity index (χ4v) is 2.52. The molecule has 3 atom stereocenters. The molecule has 0 aliphatic heterocycles. The van der Waals surface area contributed by atoms with Gasteiger partial charge in [0.15, 0.2) is 0 Å². The third-order valence-electron chi connectivity index (χ3n) is 3.40. The average molecular weight is 206 g/mol. The van der Waals surface area contributed by atoms with E-state index in [4.69, 9.17) is 0 Å². The predicted octanol–water partition coefficient (Wildman–Crippen LogP) is 2.11. The van der Waals surface area contributed by atoms with Gasteiger partial charge < -0.3 is 5.32 Å². The van der Waals surface area contributed by atoms with Gasteiger partial charge in [-0.2, -0.15) is 0 Å². The van der Waals surface area contributed by atoms with Crippen molar-refractivity contribution in [2.24, 2.45) is 11.8 Å². The lowest BCUT2D eigenvalue weighted by Gasteiger charge is -2.11. The number of aromatic nitrogens is 3. The molecular formula is C11H18N4. The van der Waals surface area contributed by atoms with Crippen molar-refractivity contribution in [2.75, 3.05) is 5.32 Å². The SMILES string of the molecule is CC[C@H]1C[C@@H](Nc2ncncn2)C[C@@H]1C. The number of nitrogens with one attached hydrogen (secondary N) is 1. The largest absolute Gasteiger partial charge is 0.351 e. The van der Waals surface area contributed by atoms with E-state index in [1.807, 2.05) is 0 Å². The van der Waals surface area contributed by atoms with Gasteiger partial charge in [-0.3, -0.25) is 0 Å². The van der Waals surface area contributed by atoms with Crippen LogP contribution in [0.1, 0.15) is 33.1 Å². The molecule has 1 aromatic heterocycles. The van der Waals surface area contributed by atoms with Crippen molar-refractivity contribution in [2.45, 2.75) is 39.2 Å². The quantitative estimate of drug-likeness (QED) is 0.823. The van der Waals surface area contributed by atoms with Crippen molar-refractivity contribution in [3.05, 3.63) is 12.7 Å². The summed E-state index contributed by atoms with van der Waals surface area (Å²) in [6, 6.07) is 0.535. The molecule has 1 fully saturated rings. The van der Waals surface area contributed by atoms with Crippen molar-refractivity contribution in [3.63, 3.8) is 0 Å². The normalized spacial score (nSPS) is 30.4. The lowest BCUT2D eigenvalue weighted by molar-refractivity contribution is 0.407. The Morgan fingerprint density at radius 3 is 2.67 bits per heavy atom. The molecule has 1 aromatic rings. The molecule has 1 saturated carbocycles. The smallest absolute Gasteiger partial charge is 0.225 e. The molecule has 4 nitrogen and oxygen atoms in total. The van der Waals surface area contributed by atoms with Crippen LogP contribution >= 0.6 is 0 Å². The fraction of sp³-hybridized carbons (Fsp3) is 0.727. The van der Waals surface area contributed by atoms with Gasteiger partial charge in [-0.1, -0.05) is 20.3 Å². The maximum Gasteiger partial charge on any atom is 0.225 e. The Balaban J connectivity index is 1.92. The van der Waals surface area contributed by atoms with Gasteiger partial charge in [0.1, 0.15) is 12.7 Å². The minimum atomic E-state index is 0.535. The molecule has 0 spiro atoms.